The first-order valence-corrected chi connectivity index (χ1v) is 11.6. The van der Waals surface area contributed by atoms with Gasteiger partial charge in [0.2, 0.25) is 15.9 Å². The number of methoxy groups -OCH3 is 1. The van der Waals surface area contributed by atoms with Crippen molar-refractivity contribution in [1.29, 1.82) is 0 Å². The summed E-state index contributed by atoms with van der Waals surface area (Å²) in [5.41, 5.74) is 1.45. The van der Waals surface area contributed by atoms with Gasteiger partial charge in [-0.3, -0.25) is 0 Å². The summed E-state index contributed by atoms with van der Waals surface area (Å²) in [4.78, 5) is 12.8. The summed E-state index contributed by atoms with van der Waals surface area (Å²) in [6, 6.07) is 11.4. The molecule has 1 atom stereocenters. The Labute approximate surface area is 185 Å². The molecule has 0 saturated heterocycles. The van der Waals surface area contributed by atoms with Crippen LogP contribution in [0.2, 0.25) is 0 Å². The zero-order chi connectivity index (χ0) is 22.9. The number of carbonyl (C=O) groups excluding carboxylic acids is 1. The molecule has 1 saturated carbocycles. The van der Waals surface area contributed by atoms with Crippen molar-refractivity contribution in [3.8, 4) is 17.2 Å². The number of hydrogen-bond donors (Lipinski definition) is 1. The van der Waals surface area contributed by atoms with E-state index in [0.717, 1.165) is 12.8 Å². The summed E-state index contributed by atoms with van der Waals surface area (Å²) in [7, 11) is -2.11. The number of carbonyl (C=O) groups is 1. The van der Waals surface area contributed by atoms with Gasteiger partial charge >= 0.3 is 5.97 Å². The van der Waals surface area contributed by atoms with Crippen molar-refractivity contribution in [2.45, 2.75) is 43.7 Å². The molecule has 4 rings (SSSR count). The summed E-state index contributed by atoms with van der Waals surface area (Å²) in [6.07, 6.45) is 0.812. The maximum atomic E-state index is 12.8. The highest BCUT2D eigenvalue weighted by molar-refractivity contribution is 7.89. The number of hydrogen-bond acceptors (Lipinski definition) is 8. The molecule has 0 spiro atoms. The van der Waals surface area contributed by atoms with E-state index in [9.17, 15) is 13.2 Å². The molecule has 1 aliphatic carbocycles. The molecular formula is C22H23N3O6S. The number of esters is 1. The van der Waals surface area contributed by atoms with Gasteiger partial charge < -0.3 is 13.9 Å². The van der Waals surface area contributed by atoms with Crippen molar-refractivity contribution >= 4 is 16.0 Å². The van der Waals surface area contributed by atoms with Crippen molar-refractivity contribution in [3.05, 3.63) is 59.5 Å². The molecule has 1 unspecified atom stereocenters. The summed E-state index contributed by atoms with van der Waals surface area (Å²) < 4.78 is 43.8. The topological polar surface area (TPSA) is 121 Å². The first-order valence-electron chi connectivity index (χ1n) is 10.1. The Morgan fingerprint density at radius 3 is 2.53 bits per heavy atom. The van der Waals surface area contributed by atoms with Crippen molar-refractivity contribution in [2.24, 2.45) is 0 Å². The van der Waals surface area contributed by atoms with Crippen LogP contribution in [0, 0.1) is 6.92 Å². The highest BCUT2D eigenvalue weighted by atomic mass is 32.2. The van der Waals surface area contributed by atoms with Crippen molar-refractivity contribution < 1.29 is 27.1 Å². The molecule has 1 aromatic heterocycles. The number of benzene rings is 2. The van der Waals surface area contributed by atoms with Crippen LogP contribution in [0.15, 0.2) is 51.8 Å². The summed E-state index contributed by atoms with van der Waals surface area (Å²) in [5.74, 6) is 0.423. The molecule has 1 aliphatic rings. The minimum atomic E-state index is -3.69. The fourth-order valence-electron chi connectivity index (χ4n) is 3.00. The van der Waals surface area contributed by atoms with Crippen LogP contribution < -0.4 is 9.46 Å². The third-order valence-electron chi connectivity index (χ3n) is 5.05. The van der Waals surface area contributed by atoms with Gasteiger partial charge in [0.05, 0.1) is 17.6 Å². The van der Waals surface area contributed by atoms with Crippen molar-refractivity contribution in [3.63, 3.8) is 0 Å². The minimum Gasteiger partial charge on any atom is -0.497 e. The fraction of sp³-hybridized carbons (Fsp3) is 0.318. The molecule has 9 nitrogen and oxygen atoms in total. The van der Waals surface area contributed by atoms with Crippen LogP contribution >= 0.6 is 0 Å². The lowest BCUT2D eigenvalue weighted by atomic mass is 10.1. The Bertz CT molecular complexity index is 1230. The maximum absolute atomic E-state index is 12.8. The van der Waals surface area contributed by atoms with Gasteiger partial charge in [0.25, 0.3) is 5.89 Å². The van der Waals surface area contributed by atoms with Gasteiger partial charge in [-0.05, 0) is 68.7 Å². The van der Waals surface area contributed by atoms with E-state index in [1.807, 2.05) is 0 Å². The molecule has 2 aromatic carbocycles. The van der Waals surface area contributed by atoms with Crippen LogP contribution in [0.3, 0.4) is 0 Å². The van der Waals surface area contributed by atoms with E-state index in [1.54, 1.807) is 51.3 Å². The van der Waals surface area contributed by atoms with Gasteiger partial charge in [-0.25, -0.2) is 17.9 Å². The maximum Gasteiger partial charge on any atom is 0.339 e. The van der Waals surface area contributed by atoms with Crippen LogP contribution in [-0.4, -0.2) is 37.7 Å². The summed E-state index contributed by atoms with van der Waals surface area (Å²) in [6.45, 7) is 3.31. The second-order valence-corrected chi connectivity index (χ2v) is 9.31. The largest absolute Gasteiger partial charge is 0.497 e. The van der Waals surface area contributed by atoms with Crippen LogP contribution in [0.1, 0.15) is 47.7 Å². The molecule has 1 fully saturated rings. The molecule has 0 aliphatic heterocycles. The number of aromatic nitrogens is 2. The van der Waals surface area contributed by atoms with Gasteiger partial charge in [-0.1, -0.05) is 6.07 Å². The predicted molar refractivity (Wildman–Crippen MR) is 115 cm³/mol. The van der Waals surface area contributed by atoms with E-state index in [4.69, 9.17) is 13.9 Å². The number of nitrogens with one attached hydrogen (secondary N) is 1. The lowest BCUT2D eigenvalue weighted by Gasteiger charge is -2.13. The molecule has 1 heterocycles. The van der Waals surface area contributed by atoms with E-state index in [1.165, 1.54) is 12.1 Å². The van der Waals surface area contributed by atoms with E-state index in [0.29, 0.717) is 16.9 Å². The SMILES string of the molecule is COc1ccc(-c2nnc(C(C)OC(=O)c3cc(S(=O)(=O)NC4CC4)ccc3C)o2)cc1. The fourth-order valence-corrected chi connectivity index (χ4v) is 4.33. The second kappa shape index (κ2) is 8.71. The lowest BCUT2D eigenvalue weighted by molar-refractivity contribution is 0.0278. The Kier molecular flexibility index (Phi) is 5.98. The molecule has 0 bridgehead atoms. The zero-order valence-corrected chi connectivity index (χ0v) is 18.7. The van der Waals surface area contributed by atoms with Crippen LogP contribution in [0.5, 0.6) is 5.75 Å². The Morgan fingerprint density at radius 2 is 1.88 bits per heavy atom. The van der Waals surface area contributed by atoms with Crippen molar-refractivity contribution in [2.75, 3.05) is 7.11 Å². The average Bonchev–Trinajstić information content (AvgIpc) is 3.43. The van der Waals surface area contributed by atoms with Gasteiger partial charge in [0.15, 0.2) is 6.10 Å². The van der Waals surface area contributed by atoms with E-state index >= 15 is 0 Å². The first-order chi connectivity index (χ1) is 15.3. The molecule has 0 amide bonds. The van der Waals surface area contributed by atoms with Crippen LogP contribution in [0.25, 0.3) is 11.5 Å². The summed E-state index contributed by atoms with van der Waals surface area (Å²) >= 11 is 0. The highest BCUT2D eigenvalue weighted by Crippen LogP contribution is 2.26. The van der Waals surface area contributed by atoms with Gasteiger partial charge in [-0.15, -0.1) is 10.2 Å². The van der Waals surface area contributed by atoms with E-state index < -0.39 is 22.1 Å². The van der Waals surface area contributed by atoms with Gasteiger partial charge in [-0.2, -0.15) is 0 Å². The second-order valence-electron chi connectivity index (χ2n) is 7.59. The average molecular weight is 458 g/mol. The molecule has 1 N–H and O–H groups in total. The molecule has 32 heavy (non-hydrogen) atoms. The third-order valence-corrected chi connectivity index (χ3v) is 6.57. The smallest absolute Gasteiger partial charge is 0.339 e. The van der Waals surface area contributed by atoms with Crippen LogP contribution in [0.4, 0.5) is 0 Å². The number of nitrogens with zero attached hydrogens (tertiary/aromatic N) is 2. The lowest BCUT2D eigenvalue weighted by Crippen LogP contribution is -2.26. The summed E-state index contributed by atoms with van der Waals surface area (Å²) in [5, 5.41) is 7.97. The quantitative estimate of drug-likeness (QED) is 0.511. The zero-order valence-electron chi connectivity index (χ0n) is 17.9. The number of aryl methyl sites for hydroxylation is 1. The molecule has 168 valence electrons. The third kappa shape index (κ3) is 4.81. The van der Waals surface area contributed by atoms with Crippen LogP contribution in [-0.2, 0) is 14.8 Å². The predicted octanol–water partition coefficient (Wildman–Crippen LogP) is 3.41. The van der Waals surface area contributed by atoms with E-state index in [2.05, 4.69) is 14.9 Å². The molecule has 10 heteroatoms. The monoisotopic (exact) mass is 457 g/mol. The van der Waals surface area contributed by atoms with Gasteiger partial charge in [0.1, 0.15) is 5.75 Å². The Hall–Kier alpha value is -3.24. The number of sulfonamides is 1. The number of ether oxygens (including phenoxy) is 2. The molecular weight excluding hydrogens is 434 g/mol. The number of rotatable bonds is 8. The Balaban J connectivity index is 1.49. The van der Waals surface area contributed by atoms with Gasteiger partial charge in [0, 0.05) is 11.6 Å². The van der Waals surface area contributed by atoms with Crippen molar-refractivity contribution in [1.82, 2.24) is 14.9 Å². The Morgan fingerprint density at radius 1 is 1.16 bits per heavy atom. The molecule has 3 aromatic rings. The normalized spacial score (nSPS) is 14.7. The van der Waals surface area contributed by atoms with E-state index in [-0.39, 0.29) is 28.3 Å². The standard InChI is InChI=1S/C22H23N3O6S/c1-13-4-11-18(32(27,28)25-16-7-8-16)12-19(13)22(26)30-14(2)20-23-24-21(31-20)15-5-9-17(29-3)10-6-15/h4-6,9-12,14,16,25H,7-8H2,1-3H3. The first kappa shape index (κ1) is 22.0. The highest BCUT2D eigenvalue weighted by Gasteiger charge is 2.29. The molecule has 0 radical (unpaired) electrons. The minimum absolute atomic E-state index is 0.0224.